The van der Waals surface area contributed by atoms with E-state index in [2.05, 4.69) is 0 Å². The molecule has 2 aromatic carbocycles. The van der Waals surface area contributed by atoms with Gasteiger partial charge in [-0.3, -0.25) is 4.79 Å². The molecule has 0 unspecified atom stereocenters. The van der Waals surface area contributed by atoms with Crippen LogP contribution in [0.4, 0.5) is 0 Å². The minimum Gasteiger partial charge on any atom is -0.457 e. The average molecular weight is 331 g/mol. The Morgan fingerprint density at radius 2 is 1.78 bits per heavy atom. The molecule has 1 fully saturated rings. The first-order valence-corrected chi connectivity index (χ1v) is 8.08. The summed E-state index contributed by atoms with van der Waals surface area (Å²) in [5.41, 5.74) is 6.54. The SMILES string of the molecule is NC1CCN(C(=O)c2ccc(Oc3cccc(Cl)c3)cc2)CC1. The lowest BCUT2D eigenvalue weighted by Gasteiger charge is -2.30. The quantitative estimate of drug-likeness (QED) is 0.933. The Morgan fingerprint density at radius 1 is 1.09 bits per heavy atom. The molecule has 2 N–H and O–H groups in total. The lowest BCUT2D eigenvalue weighted by molar-refractivity contribution is 0.0715. The minimum absolute atomic E-state index is 0.0474. The molecule has 0 radical (unpaired) electrons. The van der Waals surface area contributed by atoms with E-state index in [0.29, 0.717) is 22.1 Å². The first-order chi connectivity index (χ1) is 11.1. The van der Waals surface area contributed by atoms with Crippen molar-refractivity contribution in [3.63, 3.8) is 0 Å². The van der Waals surface area contributed by atoms with Gasteiger partial charge in [0.1, 0.15) is 11.5 Å². The van der Waals surface area contributed by atoms with Gasteiger partial charge in [0.15, 0.2) is 0 Å². The van der Waals surface area contributed by atoms with Crippen LogP contribution in [-0.2, 0) is 0 Å². The fourth-order valence-corrected chi connectivity index (χ4v) is 2.80. The maximum absolute atomic E-state index is 12.4. The van der Waals surface area contributed by atoms with Crippen LogP contribution in [0.5, 0.6) is 11.5 Å². The molecule has 120 valence electrons. The van der Waals surface area contributed by atoms with Gasteiger partial charge in [0.2, 0.25) is 0 Å². The Kier molecular flexibility index (Phi) is 4.84. The molecule has 0 saturated carbocycles. The molecule has 23 heavy (non-hydrogen) atoms. The second kappa shape index (κ2) is 7.02. The Hall–Kier alpha value is -2.04. The number of amides is 1. The first kappa shape index (κ1) is 15.8. The number of benzene rings is 2. The first-order valence-electron chi connectivity index (χ1n) is 7.70. The molecule has 1 saturated heterocycles. The van der Waals surface area contributed by atoms with Crippen molar-refractivity contribution in [1.82, 2.24) is 4.90 Å². The molecule has 0 aliphatic carbocycles. The molecule has 1 aliphatic heterocycles. The number of carbonyl (C=O) groups excluding carboxylic acids is 1. The fraction of sp³-hybridized carbons (Fsp3) is 0.278. The van der Waals surface area contributed by atoms with Crippen molar-refractivity contribution in [2.24, 2.45) is 5.73 Å². The summed E-state index contributed by atoms with van der Waals surface area (Å²) >= 11 is 5.94. The second-order valence-corrected chi connectivity index (χ2v) is 6.15. The van der Waals surface area contributed by atoms with E-state index in [4.69, 9.17) is 22.1 Å². The topological polar surface area (TPSA) is 55.6 Å². The molecule has 1 heterocycles. The lowest BCUT2D eigenvalue weighted by Crippen LogP contribution is -2.42. The van der Waals surface area contributed by atoms with Crippen LogP contribution in [0.1, 0.15) is 23.2 Å². The predicted molar refractivity (Wildman–Crippen MR) is 91.1 cm³/mol. The Morgan fingerprint density at radius 3 is 2.43 bits per heavy atom. The second-order valence-electron chi connectivity index (χ2n) is 5.71. The Bertz CT molecular complexity index is 680. The molecular formula is C18H19ClN2O2. The van der Waals surface area contributed by atoms with Gasteiger partial charge in [0, 0.05) is 29.7 Å². The summed E-state index contributed by atoms with van der Waals surface area (Å²) in [6.45, 7) is 1.45. The standard InChI is InChI=1S/C18H19ClN2O2/c19-14-2-1-3-17(12-14)23-16-6-4-13(5-7-16)18(22)21-10-8-15(20)9-11-21/h1-7,12,15H,8-11,20H2. The van der Waals surface area contributed by atoms with Crippen LogP contribution in [-0.4, -0.2) is 29.9 Å². The summed E-state index contributed by atoms with van der Waals surface area (Å²) in [7, 11) is 0. The largest absolute Gasteiger partial charge is 0.457 e. The van der Waals surface area contributed by atoms with E-state index in [0.717, 1.165) is 25.9 Å². The van der Waals surface area contributed by atoms with Crippen LogP contribution in [0.2, 0.25) is 5.02 Å². The van der Waals surface area contributed by atoms with Gasteiger partial charge < -0.3 is 15.4 Å². The number of likely N-dealkylation sites (tertiary alicyclic amines) is 1. The molecule has 4 nitrogen and oxygen atoms in total. The van der Waals surface area contributed by atoms with Gasteiger partial charge in [-0.1, -0.05) is 17.7 Å². The number of rotatable bonds is 3. The third kappa shape index (κ3) is 4.03. The van der Waals surface area contributed by atoms with Gasteiger partial charge in [-0.2, -0.15) is 0 Å². The highest BCUT2D eigenvalue weighted by Gasteiger charge is 2.21. The summed E-state index contributed by atoms with van der Waals surface area (Å²) in [4.78, 5) is 14.3. The lowest BCUT2D eigenvalue weighted by atomic mass is 10.0. The zero-order chi connectivity index (χ0) is 16.2. The number of ether oxygens (including phenoxy) is 1. The summed E-state index contributed by atoms with van der Waals surface area (Å²) in [5.74, 6) is 1.39. The van der Waals surface area contributed by atoms with Crippen LogP contribution in [0, 0.1) is 0 Å². The number of hydrogen-bond donors (Lipinski definition) is 1. The van der Waals surface area contributed by atoms with E-state index >= 15 is 0 Å². The van der Waals surface area contributed by atoms with Crippen molar-refractivity contribution >= 4 is 17.5 Å². The normalized spacial score (nSPS) is 15.5. The molecule has 0 spiro atoms. The highest BCUT2D eigenvalue weighted by Crippen LogP contribution is 2.24. The van der Waals surface area contributed by atoms with Crippen molar-refractivity contribution in [2.45, 2.75) is 18.9 Å². The molecule has 3 rings (SSSR count). The van der Waals surface area contributed by atoms with Gasteiger partial charge in [0.25, 0.3) is 5.91 Å². The van der Waals surface area contributed by atoms with E-state index in [9.17, 15) is 4.79 Å². The van der Waals surface area contributed by atoms with Gasteiger partial charge in [-0.05, 0) is 55.3 Å². The third-order valence-corrected chi connectivity index (χ3v) is 4.19. The Balaban J connectivity index is 1.66. The molecule has 0 bridgehead atoms. The van der Waals surface area contributed by atoms with E-state index in [-0.39, 0.29) is 11.9 Å². The number of nitrogens with zero attached hydrogens (tertiary/aromatic N) is 1. The molecule has 0 atom stereocenters. The average Bonchev–Trinajstić information content (AvgIpc) is 2.56. The zero-order valence-electron chi connectivity index (χ0n) is 12.7. The molecule has 5 heteroatoms. The summed E-state index contributed by atoms with van der Waals surface area (Å²) in [6, 6.07) is 14.6. The highest BCUT2D eigenvalue weighted by molar-refractivity contribution is 6.30. The maximum atomic E-state index is 12.4. The van der Waals surface area contributed by atoms with Crippen LogP contribution < -0.4 is 10.5 Å². The smallest absolute Gasteiger partial charge is 0.253 e. The van der Waals surface area contributed by atoms with Gasteiger partial charge >= 0.3 is 0 Å². The van der Waals surface area contributed by atoms with Crippen molar-refractivity contribution in [3.8, 4) is 11.5 Å². The number of nitrogens with two attached hydrogens (primary N) is 1. The predicted octanol–water partition coefficient (Wildman–Crippen LogP) is 3.70. The van der Waals surface area contributed by atoms with Crippen LogP contribution in [0.3, 0.4) is 0 Å². The third-order valence-electron chi connectivity index (χ3n) is 3.96. The molecule has 2 aromatic rings. The Labute approximate surface area is 140 Å². The van der Waals surface area contributed by atoms with Crippen molar-refractivity contribution in [3.05, 3.63) is 59.1 Å². The minimum atomic E-state index is 0.0474. The summed E-state index contributed by atoms with van der Waals surface area (Å²) in [6.07, 6.45) is 1.73. The van der Waals surface area contributed by atoms with E-state index in [1.165, 1.54) is 0 Å². The van der Waals surface area contributed by atoms with Crippen LogP contribution >= 0.6 is 11.6 Å². The molecule has 1 aliphatic rings. The van der Waals surface area contributed by atoms with Crippen molar-refractivity contribution in [1.29, 1.82) is 0 Å². The molecular weight excluding hydrogens is 312 g/mol. The number of halogens is 1. The maximum Gasteiger partial charge on any atom is 0.253 e. The number of hydrogen-bond acceptors (Lipinski definition) is 3. The summed E-state index contributed by atoms with van der Waals surface area (Å²) in [5, 5.41) is 0.623. The van der Waals surface area contributed by atoms with Gasteiger partial charge in [0.05, 0.1) is 0 Å². The molecule has 0 aromatic heterocycles. The van der Waals surface area contributed by atoms with Gasteiger partial charge in [-0.25, -0.2) is 0 Å². The van der Waals surface area contributed by atoms with E-state index in [1.807, 2.05) is 17.0 Å². The summed E-state index contributed by atoms with van der Waals surface area (Å²) < 4.78 is 5.73. The number of carbonyl (C=O) groups is 1. The van der Waals surface area contributed by atoms with E-state index in [1.54, 1.807) is 36.4 Å². The zero-order valence-corrected chi connectivity index (χ0v) is 13.5. The monoisotopic (exact) mass is 330 g/mol. The van der Waals surface area contributed by atoms with Crippen LogP contribution in [0.15, 0.2) is 48.5 Å². The van der Waals surface area contributed by atoms with Crippen molar-refractivity contribution < 1.29 is 9.53 Å². The highest BCUT2D eigenvalue weighted by atomic mass is 35.5. The van der Waals surface area contributed by atoms with Gasteiger partial charge in [-0.15, -0.1) is 0 Å². The van der Waals surface area contributed by atoms with E-state index < -0.39 is 0 Å². The number of piperidine rings is 1. The van der Waals surface area contributed by atoms with Crippen LogP contribution in [0.25, 0.3) is 0 Å². The fourth-order valence-electron chi connectivity index (χ4n) is 2.62. The van der Waals surface area contributed by atoms with Crippen molar-refractivity contribution in [2.75, 3.05) is 13.1 Å². The molecule has 1 amide bonds.